The molecule has 3 nitrogen and oxygen atoms in total. The van der Waals surface area contributed by atoms with Gasteiger partial charge in [0.05, 0.1) is 11.1 Å². The smallest absolute Gasteiger partial charge is 0.416 e. The first-order valence-electron chi connectivity index (χ1n) is 6.01. The zero-order valence-electron chi connectivity index (χ0n) is 10.4. The van der Waals surface area contributed by atoms with E-state index in [0.29, 0.717) is 30.8 Å². The Balaban J connectivity index is 2.33. The van der Waals surface area contributed by atoms with Crippen LogP contribution in [0.25, 0.3) is 0 Å². The van der Waals surface area contributed by atoms with Crippen LogP contribution in [0.2, 0.25) is 0 Å². The summed E-state index contributed by atoms with van der Waals surface area (Å²) in [5.41, 5.74) is -0.913. The fourth-order valence-electron chi connectivity index (χ4n) is 2.12. The number of alkyl halides is 3. The topological polar surface area (TPSA) is 40.5 Å². The summed E-state index contributed by atoms with van der Waals surface area (Å²) in [6, 6.07) is 2.98. The van der Waals surface area contributed by atoms with Crippen LogP contribution in [0.4, 0.5) is 18.9 Å². The highest BCUT2D eigenvalue weighted by molar-refractivity contribution is 5.89. The van der Waals surface area contributed by atoms with Gasteiger partial charge in [0.15, 0.2) is 0 Å². The molecule has 1 aromatic rings. The number of aromatic carboxylic acids is 1. The van der Waals surface area contributed by atoms with Crippen molar-refractivity contribution in [1.82, 2.24) is 0 Å². The number of rotatable bonds is 3. The van der Waals surface area contributed by atoms with E-state index in [1.54, 1.807) is 4.90 Å². The van der Waals surface area contributed by atoms with Gasteiger partial charge in [-0.1, -0.05) is 6.92 Å². The summed E-state index contributed by atoms with van der Waals surface area (Å²) < 4.78 is 38.2. The van der Waals surface area contributed by atoms with Crippen LogP contribution in [0.1, 0.15) is 29.3 Å². The minimum Gasteiger partial charge on any atom is -0.478 e. The van der Waals surface area contributed by atoms with Crippen LogP contribution in [0.3, 0.4) is 0 Å². The first kappa shape index (κ1) is 13.7. The van der Waals surface area contributed by atoms with E-state index < -0.39 is 17.7 Å². The molecule has 6 heteroatoms. The van der Waals surface area contributed by atoms with Gasteiger partial charge in [-0.05, 0) is 30.5 Å². The molecule has 1 aromatic carbocycles. The normalized spacial score (nSPS) is 16.3. The number of hydrogen-bond donors (Lipinski definition) is 1. The van der Waals surface area contributed by atoms with E-state index in [-0.39, 0.29) is 5.56 Å². The van der Waals surface area contributed by atoms with E-state index >= 15 is 0 Å². The second-order valence-corrected chi connectivity index (χ2v) is 4.75. The van der Waals surface area contributed by atoms with Crippen LogP contribution < -0.4 is 4.90 Å². The van der Waals surface area contributed by atoms with Crippen LogP contribution in [-0.2, 0) is 6.18 Å². The maximum absolute atomic E-state index is 12.7. The number of hydrogen-bond acceptors (Lipinski definition) is 2. The second-order valence-electron chi connectivity index (χ2n) is 4.75. The van der Waals surface area contributed by atoms with E-state index in [1.165, 1.54) is 6.07 Å². The summed E-state index contributed by atoms with van der Waals surface area (Å²) in [4.78, 5) is 12.7. The van der Waals surface area contributed by atoms with Gasteiger partial charge in [-0.15, -0.1) is 0 Å². The van der Waals surface area contributed by atoms with Crippen LogP contribution in [-0.4, -0.2) is 24.2 Å². The molecule has 1 saturated heterocycles. The van der Waals surface area contributed by atoms with E-state index in [4.69, 9.17) is 5.11 Å². The molecular weight excluding hydrogens is 259 g/mol. The van der Waals surface area contributed by atoms with Crippen molar-refractivity contribution in [1.29, 1.82) is 0 Å². The van der Waals surface area contributed by atoms with Crippen molar-refractivity contribution < 1.29 is 23.1 Å². The summed E-state index contributed by atoms with van der Waals surface area (Å²) in [6.45, 7) is 3.38. The predicted octanol–water partition coefficient (Wildman–Crippen LogP) is 3.25. The highest BCUT2D eigenvalue weighted by Gasteiger charge is 2.33. The highest BCUT2D eigenvalue weighted by atomic mass is 19.4. The van der Waals surface area contributed by atoms with E-state index in [9.17, 15) is 18.0 Å². The van der Waals surface area contributed by atoms with Gasteiger partial charge >= 0.3 is 12.1 Å². The van der Waals surface area contributed by atoms with Gasteiger partial charge in [-0.3, -0.25) is 0 Å². The van der Waals surface area contributed by atoms with E-state index in [0.717, 1.165) is 12.5 Å². The first-order chi connectivity index (χ1) is 8.81. The summed E-state index contributed by atoms with van der Waals surface area (Å²) in [6.07, 6.45) is -3.56. The molecule has 2 rings (SSSR count). The van der Waals surface area contributed by atoms with Crippen molar-refractivity contribution in [3.63, 3.8) is 0 Å². The average molecular weight is 273 g/mol. The summed E-state index contributed by atoms with van der Waals surface area (Å²) >= 11 is 0. The molecule has 1 heterocycles. The Morgan fingerprint density at radius 1 is 1.37 bits per heavy atom. The molecule has 0 unspecified atom stereocenters. The maximum atomic E-state index is 12.7. The lowest BCUT2D eigenvalue weighted by Gasteiger charge is -2.41. The molecule has 19 heavy (non-hydrogen) atoms. The molecule has 0 bridgehead atoms. The molecule has 0 radical (unpaired) electrons. The van der Waals surface area contributed by atoms with Gasteiger partial charge in [-0.25, -0.2) is 4.79 Å². The fourth-order valence-corrected chi connectivity index (χ4v) is 2.12. The quantitative estimate of drug-likeness (QED) is 0.919. The van der Waals surface area contributed by atoms with E-state index in [2.05, 4.69) is 0 Å². The van der Waals surface area contributed by atoms with Gasteiger partial charge in [-0.2, -0.15) is 13.2 Å². The molecule has 1 fully saturated rings. The molecule has 1 N–H and O–H groups in total. The Morgan fingerprint density at radius 2 is 2.00 bits per heavy atom. The number of nitrogens with zero attached hydrogens (tertiary/aromatic N) is 1. The van der Waals surface area contributed by atoms with Gasteiger partial charge in [0.25, 0.3) is 0 Å². The number of halogens is 3. The minimum atomic E-state index is -4.53. The molecule has 0 aliphatic carbocycles. The number of carboxylic acid groups (broad SMARTS) is 1. The third kappa shape index (κ3) is 2.83. The lowest BCUT2D eigenvalue weighted by Crippen LogP contribution is -2.46. The predicted molar refractivity (Wildman–Crippen MR) is 64.4 cm³/mol. The lowest BCUT2D eigenvalue weighted by atomic mass is 9.95. The molecular formula is C13H14F3NO2. The van der Waals surface area contributed by atoms with Crippen molar-refractivity contribution in [3.05, 3.63) is 29.3 Å². The molecule has 1 aliphatic heterocycles. The van der Waals surface area contributed by atoms with Crippen molar-refractivity contribution in [2.75, 3.05) is 18.0 Å². The number of anilines is 1. The maximum Gasteiger partial charge on any atom is 0.416 e. The lowest BCUT2D eigenvalue weighted by molar-refractivity contribution is -0.137. The van der Waals surface area contributed by atoms with E-state index in [1.807, 2.05) is 6.92 Å². The van der Waals surface area contributed by atoms with Gasteiger partial charge in [0, 0.05) is 18.8 Å². The molecule has 0 aromatic heterocycles. The second kappa shape index (κ2) is 4.75. The summed E-state index contributed by atoms with van der Waals surface area (Å²) in [7, 11) is 0. The Labute approximate surface area is 108 Å². The number of carbonyl (C=O) groups is 1. The average Bonchev–Trinajstić information content (AvgIpc) is 2.26. The minimum absolute atomic E-state index is 0.329. The molecule has 0 spiro atoms. The van der Waals surface area contributed by atoms with Crippen LogP contribution in [0.5, 0.6) is 0 Å². The van der Waals surface area contributed by atoms with Crippen molar-refractivity contribution >= 4 is 11.7 Å². The molecule has 104 valence electrons. The highest BCUT2D eigenvalue weighted by Crippen LogP contribution is 2.35. The van der Waals surface area contributed by atoms with Gasteiger partial charge in [0.2, 0.25) is 0 Å². The SMILES string of the molecule is CCC1CN(c2cc(C(=O)O)cc(C(F)(F)F)c2)C1. The van der Waals surface area contributed by atoms with Crippen LogP contribution in [0, 0.1) is 5.92 Å². The van der Waals surface area contributed by atoms with Crippen molar-refractivity contribution in [3.8, 4) is 0 Å². The van der Waals surface area contributed by atoms with Crippen molar-refractivity contribution in [2.45, 2.75) is 19.5 Å². The zero-order chi connectivity index (χ0) is 14.2. The van der Waals surface area contributed by atoms with Crippen LogP contribution in [0.15, 0.2) is 18.2 Å². The standard InChI is InChI=1S/C13H14F3NO2/c1-2-8-6-17(7-8)11-4-9(12(18)19)3-10(5-11)13(14,15)16/h3-5,8H,2,6-7H2,1H3,(H,18,19). The fraction of sp³-hybridized carbons (Fsp3) is 0.462. The van der Waals surface area contributed by atoms with Gasteiger partial charge in [0.1, 0.15) is 0 Å². The number of benzene rings is 1. The molecule has 0 atom stereocenters. The molecule has 1 aliphatic rings. The molecule has 0 saturated carbocycles. The monoisotopic (exact) mass is 273 g/mol. The third-order valence-corrected chi connectivity index (χ3v) is 3.39. The van der Waals surface area contributed by atoms with Crippen molar-refractivity contribution in [2.24, 2.45) is 5.92 Å². The van der Waals surface area contributed by atoms with Crippen LogP contribution >= 0.6 is 0 Å². The van der Waals surface area contributed by atoms with Gasteiger partial charge < -0.3 is 10.0 Å². The molecule has 0 amide bonds. The Bertz CT molecular complexity index is 493. The Kier molecular flexibility index (Phi) is 3.43. The Morgan fingerprint density at radius 3 is 2.47 bits per heavy atom. The summed E-state index contributed by atoms with van der Waals surface area (Å²) in [5.74, 6) is -0.872. The first-order valence-corrected chi connectivity index (χ1v) is 6.01. The third-order valence-electron chi connectivity index (χ3n) is 3.39. The largest absolute Gasteiger partial charge is 0.478 e. The summed E-state index contributed by atoms with van der Waals surface area (Å²) in [5, 5.41) is 8.88. The Hall–Kier alpha value is -1.72. The number of carboxylic acids is 1. The zero-order valence-corrected chi connectivity index (χ0v) is 10.4.